The molecule has 0 amide bonds. The zero-order valence-electron chi connectivity index (χ0n) is 14.0. The standard InChI is InChI=1S/C17H17N5O4S/c18-15-9-16(20-5-19-15)22(6-21-9)17-12(25)11(24)13(26-17)10(23)8-2-1-7-3-4-27-14(7)8/h2-6,10-13,17,23-25H,1H2,(H2,18,19,20)/t10-,11+,12-,13-,17-/m1/s1. The zero-order valence-corrected chi connectivity index (χ0v) is 14.8. The summed E-state index contributed by atoms with van der Waals surface area (Å²) in [5, 5.41) is 33.9. The highest BCUT2D eigenvalue weighted by molar-refractivity contribution is 7.11. The van der Waals surface area contributed by atoms with E-state index in [1.54, 1.807) is 0 Å². The van der Waals surface area contributed by atoms with Crippen LogP contribution in [0, 0.1) is 0 Å². The van der Waals surface area contributed by atoms with Crippen molar-refractivity contribution in [3.05, 3.63) is 40.6 Å². The summed E-state index contributed by atoms with van der Waals surface area (Å²) in [6.45, 7) is 0. The number of aliphatic hydroxyl groups excluding tert-OH is 3. The van der Waals surface area contributed by atoms with Crippen LogP contribution in [0.4, 0.5) is 5.82 Å². The van der Waals surface area contributed by atoms with Crippen LogP contribution in [-0.2, 0) is 11.2 Å². The van der Waals surface area contributed by atoms with Crippen molar-refractivity contribution in [3.8, 4) is 0 Å². The van der Waals surface area contributed by atoms with Crippen molar-refractivity contribution in [3.63, 3.8) is 0 Å². The molecule has 0 unspecified atom stereocenters. The number of imidazole rings is 1. The largest absolute Gasteiger partial charge is 0.387 e. The van der Waals surface area contributed by atoms with E-state index in [2.05, 4.69) is 15.0 Å². The highest BCUT2D eigenvalue weighted by Gasteiger charge is 2.48. The number of fused-ring (bicyclic) bond motifs is 2. The van der Waals surface area contributed by atoms with Crippen LogP contribution in [0.1, 0.15) is 16.7 Å². The molecule has 0 saturated carbocycles. The molecule has 9 nitrogen and oxygen atoms in total. The van der Waals surface area contributed by atoms with Gasteiger partial charge in [0.25, 0.3) is 0 Å². The molecule has 0 spiro atoms. The van der Waals surface area contributed by atoms with E-state index in [4.69, 9.17) is 10.5 Å². The third kappa shape index (κ3) is 2.42. The molecule has 27 heavy (non-hydrogen) atoms. The maximum Gasteiger partial charge on any atom is 0.167 e. The monoisotopic (exact) mass is 387 g/mol. The molecular formula is C17H17N5O4S. The zero-order chi connectivity index (χ0) is 18.7. The highest BCUT2D eigenvalue weighted by Crippen LogP contribution is 2.40. The number of rotatable bonds is 3. The molecule has 5 atom stereocenters. The number of anilines is 1. The van der Waals surface area contributed by atoms with Gasteiger partial charge in [0.05, 0.1) is 6.33 Å². The molecule has 5 rings (SSSR count). The van der Waals surface area contributed by atoms with Crippen LogP contribution in [0.5, 0.6) is 0 Å². The van der Waals surface area contributed by atoms with E-state index in [0.29, 0.717) is 11.2 Å². The average Bonchev–Trinajstić information content (AvgIpc) is 3.40. The third-order valence-electron chi connectivity index (χ3n) is 5.12. The highest BCUT2D eigenvalue weighted by atomic mass is 32.1. The third-order valence-corrected chi connectivity index (χ3v) is 6.12. The molecule has 1 fully saturated rings. The minimum Gasteiger partial charge on any atom is -0.387 e. The SMILES string of the molecule is Nc1ncnc2c1ncn2[C@@H]1O[C@H]([C@H](O)C2=CCc3ccsc32)[C@@H](O)[C@H]1O. The van der Waals surface area contributed by atoms with E-state index in [1.807, 2.05) is 17.5 Å². The van der Waals surface area contributed by atoms with Crippen molar-refractivity contribution in [2.24, 2.45) is 0 Å². The second kappa shape index (κ2) is 6.08. The number of aromatic nitrogens is 4. The molecule has 3 aromatic heterocycles. The number of aliphatic hydroxyl groups is 3. The van der Waals surface area contributed by atoms with E-state index in [9.17, 15) is 15.3 Å². The molecule has 1 aliphatic carbocycles. The second-order valence-corrected chi connectivity index (χ2v) is 7.55. The van der Waals surface area contributed by atoms with Gasteiger partial charge in [-0.25, -0.2) is 15.0 Å². The first-order valence-electron chi connectivity index (χ1n) is 8.45. The lowest BCUT2D eigenvalue weighted by Gasteiger charge is -2.22. The Morgan fingerprint density at radius 3 is 2.96 bits per heavy atom. The normalized spacial score (nSPS) is 28.5. The summed E-state index contributed by atoms with van der Waals surface area (Å²) in [7, 11) is 0. The second-order valence-electron chi connectivity index (χ2n) is 6.64. The Labute approximate surface area is 157 Å². The molecule has 0 radical (unpaired) electrons. The van der Waals surface area contributed by atoms with E-state index >= 15 is 0 Å². The Morgan fingerprint density at radius 1 is 1.26 bits per heavy atom. The first-order chi connectivity index (χ1) is 13.1. The fourth-order valence-electron chi connectivity index (χ4n) is 3.73. The van der Waals surface area contributed by atoms with Crippen LogP contribution in [0.15, 0.2) is 30.2 Å². The van der Waals surface area contributed by atoms with Crippen LogP contribution >= 0.6 is 11.3 Å². The van der Waals surface area contributed by atoms with Crippen LogP contribution in [-0.4, -0.2) is 59.3 Å². The van der Waals surface area contributed by atoms with Gasteiger partial charge >= 0.3 is 0 Å². The van der Waals surface area contributed by atoms with Crippen molar-refractivity contribution in [1.29, 1.82) is 0 Å². The smallest absolute Gasteiger partial charge is 0.167 e. The Balaban J connectivity index is 1.47. The molecule has 2 aliphatic rings. The maximum absolute atomic E-state index is 10.8. The molecule has 3 aromatic rings. The first-order valence-corrected chi connectivity index (χ1v) is 9.33. The van der Waals surface area contributed by atoms with Gasteiger partial charge in [-0.05, 0) is 29.0 Å². The number of nitrogen functional groups attached to an aromatic ring is 1. The quantitative estimate of drug-likeness (QED) is 0.496. The molecule has 0 aromatic carbocycles. The van der Waals surface area contributed by atoms with Crippen molar-refractivity contribution in [2.45, 2.75) is 37.1 Å². The van der Waals surface area contributed by atoms with E-state index < -0.39 is 30.6 Å². The lowest BCUT2D eigenvalue weighted by Crippen LogP contribution is -2.39. The summed E-state index contributed by atoms with van der Waals surface area (Å²) in [6.07, 6.45) is -0.142. The Kier molecular flexibility index (Phi) is 3.78. The fraction of sp³-hybridized carbons (Fsp3) is 0.353. The summed E-state index contributed by atoms with van der Waals surface area (Å²) >= 11 is 1.54. The van der Waals surface area contributed by atoms with Crippen LogP contribution in [0.3, 0.4) is 0 Å². The Morgan fingerprint density at radius 2 is 2.11 bits per heavy atom. The molecule has 1 aliphatic heterocycles. The van der Waals surface area contributed by atoms with Gasteiger partial charge in [0.15, 0.2) is 17.7 Å². The van der Waals surface area contributed by atoms with Crippen molar-refractivity contribution >= 4 is 33.9 Å². The Hall–Kier alpha value is -2.37. The molecule has 1 saturated heterocycles. The number of ether oxygens (including phenoxy) is 1. The van der Waals surface area contributed by atoms with Crippen molar-refractivity contribution < 1.29 is 20.1 Å². The maximum atomic E-state index is 10.8. The molecule has 4 heterocycles. The van der Waals surface area contributed by atoms with Gasteiger partial charge in [0, 0.05) is 4.88 Å². The first kappa shape index (κ1) is 16.8. The molecule has 140 valence electrons. The van der Waals surface area contributed by atoms with Gasteiger partial charge in [-0.2, -0.15) is 0 Å². The number of hydrogen-bond donors (Lipinski definition) is 4. The topological polar surface area (TPSA) is 140 Å². The molecule has 10 heteroatoms. The summed E-state index contributed by atoms with van der Waals surface area (Å²) in [5.41, 5.74) is 8.43. The predicted octanol–water partition coefficient (Wildman–Crippen LogP) is 0.0898. The van der Waals surface area contributed by atoms with E-state index in [-0.39, 0.29) is 5.82 Å². The summed E-state index contributed by atoms with van der Waals surface area (Å²) < 4.78 is 7.37. The van der Waals surface area contributed by atoms with Crippen molar-refractivity contribution in [1.82, 2.24) is 19.5 Å². The Bertz CT molecular complexity index is 1050. The van der Waals surface area contributed by atoms with Gasteiger partial charge < -0.3 is 25.8 Å². The number of hydrogen-bond acceptors (Lipinski definition) is 9. The number of allylic oxidation sites excluding steroid dienone is 1. The molecule has 5 N–H and O–H groups in total. The van der Waals surface area contributed by atoms with Crippen LogP contribution in [0.2, 0.25) is 0 Å². The number of nitrogens with zero attached hydrogens (tertiary/aromatic N) is 4. The average molecular weight is 387 g/mol. The summed E-state index contributed by atoms with van der Waals surface area (Å²) in [4.78, 5) is 13.2. The molecule has 0 bridgehead atoms. The minimum absolute atomic E-state index is 0.213. The van der Waals surface area contributed by atoms with Gasteiger partial charge in [0.2, 0.25) is 0 Å². The fourth-order valence-corrected chi connectivity index (χ4v) is 4.74. The van der Waals surface area contributed by atoms with Gasteiger partial charge in [-0.15, -0.1) is 11.3 Å². The minimum atomic E-state index is -1.27. The summed E-state index contributed by atoms with van der Waals surface area (Å²) in [5.74, 6) is 0.213. The van der Waals surface area contributed by atoms with E-state index in [1.165, 1.54) is 28.6 Å². The lowest BCUT2D eigenvalue weighted by atomic mass is 9.99. The lowest BCUT2D eigenvalue weighted by molar-refractivity contribution is -0.0671. The van der Waals surface area contributed by atoms with Crippen LogP contribution < -0.4 is 5.73 Å². The molecular weight excluding hydrogens is 370 g/mol. The summed E-state index contributed by atoms with van der Waals surface area (Å²) in [6, 6.07) is 2.02. The van der Waals surface area contributed by atoms with Crippen LogP contribution in [0.25, 0.3) is 16.7 Å². The van der Waals surface area contributed by atoms with Crippen molar-refractivity contribution in [2.75, 3.05) is 5.73 Å². The number of thiophene rings is 1. The number of nitrogens with two attached hydrogens (primary N) is 1. The van der Waals surface area contributed by atoms with Gasteiger partial charge in [0.1, 0.15) is 36.3 Å². The predicted molar refractivity (Wildman–Crippen MR) is 97.7 cm³/mol. The van der Waals surface area contributed by atoms with E-state index in [0.717, 1.165) is 22.4 Å². The van der Waals surface area contributed by atoms with Gasteiger partial charge in [-0.3, -0.25) is 4.57 Å². The van der Waals surface area contributed by atoms with Gasteiger partial charge in [-0.1, -0.05) is 6.08 Å².